The van der Waals surface area contributed by atoms with Crippen LogP contribution in [0, 0.1) is 4.64 Å². The van der Waals surface area contributed by atoms with E-state index in [0.29, 0.717) is 11.2 Å². The fourth-order valence-corrected chi connectivity index (χ4v) is 1.62. The van der Waals surface area contributed by atoms with E-state index in [1.165, 1.54) is 0 Å². The van der Waals surface area contributed by atoms with E-state index in [1.807, 2.05) is 0 Å². The predicted octanol–water partition coefficient (Wildman–Crippen LogP) is 3.35. The zero-order valence-electron chi connectivity index (χ0n) is 9.35. The van der Waals surface area contributed by atoms with Gasteiger partial charge < -0.3 is 9.72 Å². The van der Waals surface area contributed by atoms with Crippen LogP contribution < -0.4 is 0 Å². The third kappa shape index (κ3) is 3.09. The molecule has 1 N–H and O–H groups in total. The largest absolute Gasteiger partial charge is 0.378 e. The summed E-state index contributed by atoms with van der Waals surface area (Å²) in [6.45, 7) is 6.76. The molecule has 0 aromatic carbocycles. The van der Waals surface area contributed by atoms with Crippen molar-refractivity contribution in [2.24, 2.45) is 0 Å². The van der Waals surface area contributed by atoms with E-state index in [0.717, 1.165) is 16.0 Å². The summed E-state index contributed by atoms with van der Waals surface area (Å²) in [6, 6.07) is 0. The van der Waals surface area contributed by atoms with E-state index in [4.69, 9.17) is 17.0 Å². The molecule has 0 bridgehead atoms. The monoisotopic (exact) mass is 290 g/mol. The van der Waals surface area contributed by atoms with E-state index >= 15 is 0 Å². The Morgan fingerprint density at radius 1 is 1.47 bits per heavy atom. The van der Waals surface area contributed by atoms with Crippen molar-refractivity contribution in [3.63, 3.8) is 0 Å². The smallest absolute Gasteiger partial charge is 0.144 e. The molecule has 0 spiro atoms. The Labute approximate surface area is 103 Å². The van der Waals surface area contributed by atoms with Crippen LogP contribution in [0.4, 0.5) is 0 Å². The number of H-pyrrole nitrogens is 1. The lowest BCUT2D eigenvalue weighted by atomic mass is 9.96. The van der Waals surface area contributed by atoms with Crippen LogP contribution in [0.2, 0.25) is 0 Å². The highest BCUT2D eigenvalue weighted by molar-refractivity contribution is 9.10. The summed E-state index contributed by atoms with van der Waals surface area (Å²) in [6.07, 6.45) is 0. The maximum Gasteiger partial charge on any atom is 0.144 e. The van der Waals surface area contributed by atoms with Crippen molar-refractivity contribution in [1.82, 2.24) is 9.97 Å². The summed E-state index contributed by atoms with van der Waals surface area (Å²) in [5.74, 6) is 0.878. The Hall–Kier alpha value is -0.260. The fraction of sp³-hybridized carbons (Fsp3) is 0.600. The van der Waals surface area contributed by atoms with Gasteiger partial charge in [0.2, 0.25) is 0 Å². The minimum atomic E-state index is -0.0449. The zero-order chi connectivity index (χ0) is 11.6. The normalized spacial score (nSPS) is 11.8. The lowest BCUT2D eigenvalue weighted by Crippen LogP contribution is -2.17. The Morgan fingerprint density at radius 2 is 2.07 bits per heavy atom. The summed E-state index contributed by atoms with van der Waals surface area (Å²) < 4.78 is 6.48. The summed E-state index contributed by atoms with van der Waals surface area (Å²) in [7, 11) is 1.65. The van der Waals surface area contributed by atoms with Gasteiger partial charge in [-0.1, -0.05) is 33.0 Å². The van der Waals surface area contributed by atoms with E-state index in [2.05, 4.69) is 46.7 Å². The molecule has 1 aromatic heterocycles. The van der Waals surface area contributed by atoms with Crippen LogP contribution in [0.15, 0.2) is 4.47 Å². The predicted molar refractivity (Wildman–Crippen MR) is 66.5 cm³/mol. The minimum absolute atomic E-state index is 0.0449. The van der Waals surface area contributed by atoms with Crippen LogP contribution in [0.5, 0.6) is 0 Å². The lowest BCUT2D eigenvalue weighted by molar-refractivity contribution is 0.180. The Balaban J connectivity index is 3.30. The highest BCUT2D eigenvalue weighted by atomic mass is 79.9. The molecule has 0 saturated heterocycles. The van der Waals surface area contributed by atoms with Crippen LogP contribution in [-0.2, 0) is 16.8 Å². The number of hydrogen-bond donors (Lipinski definition) is 1. The van der Waals surface area contributed by atoms with Gasteiger partial charge in [-0.25, -0.2) is 4.98 Å². The Morgan fingerprint density at radius 3 is 2.53 bits per heavy atom. The molecule has 5 heteroatoms. The van der Waals surface area contributed by atoms with Crippen LogP contribution in [0.3, 0.4) is 0 Å². The van der Waals surface area contributed by atoms with Gasteiger partial charge in [0.1, 0.15) is 10.5 Å². The van der Waals surface area contributed by atoms with Crippen LogP contribution in [0.1, 0.15) is 32.3 Å². The fourth-order valence-electron chi connectivity index (χ4n) is 1.10. The molecule has 3 nitrogen and oxygen atoms in total. The maximum absolute atomic E-state index is 5.18. The van der Waals surface area contributed by atoms with Gasteiger partial charge in [0, 0.05) is 12.5 Å². The number of nitrogens with zero attached hydrogens (tertiary/aromatic N) is 1. The standard InChI is InChI=1S/C10H15BrN2OS/c1-10(2,3)9-12-6(5-14-4)7(11)8(15)13-9/h5H2,1-4H3,(H,12,13,15). The highest BCUT2D eigenvalue weighted by Gasteiger charge is 2.18. The quantitative estimate of drug-likeness (QED) is 0.849. The van der Waals surface area contributed by atoms with Crippen molar-refractivity contribution in [2.45, 2.75) is 32.8 Å². The first-order chi connectivity index (χ1) is 6.86. The number of aromatic nitrogens is 2. The van der Waals surface area contributed by atoms with E-state index in [9.17, 15) is 0 Å². The van der Waals surface area contributed by atoms with E-state index in [1.54, 1.807) is 7.11 Å². The summed E-state index contributed by atoms with van der Waals surface area (Å²) in [5.41, 5.74) is 0.888. The molecule has 0 fully saturated rings. The van der Waals surface area contributed by atoms with E-state index in [-0.39, 0.29) is 5.41 Å². The molecule has 0 aliphatic rings. The van der Waals surface area contributed by atoms with Gasteiger partial charge in [-0.15, -0.1) is 0 Å². The topological polar surface area (TPSA) is 37.9 Å². The van der Waals surface area contributed by atoms with Gasteiger partial charge in [0.15, 0.2) is 0 Å². The number of halogens is 1. The molecule has 0 saturated carbocycles. The first kappa shape index (κ1) is 12.8. The molecule has 0 atom stereocenters. The van der Waals surface area contributed by atoms with Crippen LogP contribution >= 0.6 is 28.1 Å². The number of methoxy groups -OCH3 is 1. The first-order valence-electron chi connectivity index (χ1n) is 4.64. The molecular formula is C10H15BrN2OS. The zero-order valence-corrected chi connectivity index (χ0v) is 11.8. The average molecular weight is 291 g/mol. The molecule has 0 radical (unpaired) electrons. The van der Waals surface area contributed by atoms with Gasteiger partial charge in [0.25, 0.3) is 0 Å². The number of nitrogens with one attached hydrogen (secondary N) is 1. The molecule has 0 aliphatic heterocycles. The second-order valence-electron chi connectivity index (χ2n) is 4.37. The molecule has 84 valence electrons. The van der Waals surface area contributed by atoms with Gasteiger partial charge in [-0.2, -0.15) is 0 Å². The summed E-state index contributed by atoms with van der Waals surface area (Å²) >= 11 is 8.58. The van der Waals surface area contributed by atoms with Gasteiger partial charge in [-0.3, -0.25) is 0 Å². The molecule has 1 aromatic rings. The van der Waals surface area contributed by atoms with Crippen molar-refractivity contribution in [1.29, 1.82) is 0 Å². The van der Waals surface area contributed by atoms with Crippen LogP contribution in [0.25, 0.3) is 0 Å². The third-order valence-corrected chi connectivity index (χ3v) is 3.35. The SMILES string of the molecule is COCc1[nH]c(C(C)(C)C)nc(=S)c1Br. The maximum atomic E-state index is 5.18. The van der Waals surface area contributed by atoms with Crippen molar-refractivity contribution in [3.8, 4) is 0 Å². The average Bonchev–Trinajstić information content (AvgIpc) is 2.11. The Bertz CT molecular complexity index is 409. The van der Waals surface area contributed by atoms with Gasteiger partial charge in [-0.05, 0) is 15.9 Å². The molecule has 0 unspecified atom stereocenters. The first-order valence-corrected chi connectivity index (χ1v) is 5.84. The van der Waals surface area contributed by atoms with Crippen molar-refractivity contribution in [3.05, 3.63) is 20.6 Å². The second kappa shape index (κ2) is 4.72. The Kier molecular flexibility index (Phi) is 4.03. The van der Waals surface area contributed by atoms with Crippen molar-refractivity contribution in [2.75, 3.05) is 7.11 Å². The van der Waals surface area contributed by atoms with Crippen LogP contribution in [-0.4, -0.2) is 17.1 Å². The molecule has 0 aliphatic carbocycles. The molecule has 1 rings (SSSR count). The summed E-state index contributed by atoms with van der Waals surface area (Å²) in [4.78, 5) is 7.59. The van der Waals surface area contributed by atoms with Crippen molar-refractivity contribution >= 4 is 28.1 Å². The van der Waals surface area contributed by atoms with Crippen molar-refractivity contribution < 1.29 is 4.74 Å². The summed E-state index contributed by atoms with van der Waals surface area (Å²) in [5, 5.41) is 0. The number of ether oxygens (including phenoxy) is 1. The molecular weight excluding hydrogens is 276 g/mol. The number of hydrogen-bond acceptors (Lipinski definition) is 3. The molecule has 1 heterocycles. The molecule has 15 heavy (non-hydrogen) atoms. The van der Waals surface area contributed by atoms with Gasteiger partial charge in [0.05, 0.1) is 16.8 Å². The second-order valence-corrected chi connectivity index (χ2v) is 5.55. The third-order valence-electron chi connectivity index (χ3n) is 1.93. The lowest BCUT2D eigenvalue weighted by Gasteiger charge is -2.19. The van der Waals surface area contributed by atoms with Gasteiger partial charge >= 0.3 is 0 Å². The highest BCUT2D eigenvalue weighted by Crippen LogP contribution is 2.23. The minimum Gasteiger partial charge on any atom is -0.378 e. The number of rotatable bonds is 2. The number of aromatic amines is 1. The van der Waals surface area contributed by atoms with E-state index < -0.39 is 0 Å². The molecule has 0 amide bonds.